The largest absolute Gasteiger partial charge is 0.463 e. The molecule has 3 heterocycles. The summed E-state index contributed by atoms with van der Waals surface area (Å²) in [4.78, 5) is 41.1. The van der Waals surface area contributed by atoms with Crippen LogP contribution in [0.4, 0.5) is 0 Å². The number of aromatic nitrogens is 1. The summed E-state index contributed by atoms with van der Waals surface area (Å²) in [5.74, 6) is -0.700. The van der Waals surface area contributed by atoms with Crippen LogP contribution < -0.4 is 16.2 Å². The van der Waals surface area contributed by atoms with Crippen molar-refractivity contribution in [3.8, 4) is 11.5 Å². The molecule has 3 aromatic heterocycles. The molecule has 0 aliphatic heterocycles. The van der Waals surface area contributed by atoms with Crippen molar-refractivity contribution < 1.29 is 23.2 Å². The van der Waals surface area contributed by atoms with Crippen molar-refractivity contribution >= 4 is 28.6 Å². The van der Waals surface area contributed by atoms with E-state index in [1.807, 2.05) is 6.07 Å². The van der Waals surface area contributed by atoms with Gasteiger partial charge in [-0.15, -0.1) is 0 Å². The lowest BCUT2D eigenvalue weighted by molar-refractivity contribution is -0.121. The van der Waals surface area contributed by atoms with Crippen molar-refractivity contribution in [1.82, 2.24) is 21.2 Å². The highest BCUT2D eigenvalue weighted by Crippen LogP contribution is 2.25. The van der Waals surface area contributed by atoms with Gasteiger partial charge in [0.15, 0.2) is 11.5 Å². The summed E-state index contributed by atoms with van der Waals surface area (Å²) >= 11 is 0. The highest BCUT2D eigenvalue weighted by Gasteiger charge is 2.16. The van der Waals surface area contributed by atoms with Gasteiger partial charge in [0.1, 0.15) is 5.69 Å². The number of hydrazine groups is 1. The number of nitrogens with zero attached hydrogens (tertiary/aromatic N) is 1. The Kier molecular flexibility index (Phi) is 5.75. The minimum absolute atomic E-state index is 0.0263. The first-order valence-corrected chi connectivity index (χ1v) is 9.46. The van der Waals surface area contributed by atoms with Gasteiger partial charge < -0.3 is 14.2 Å². The lowest BCUT2D eigenvalue weighted by Crippen LogP contribution is -2.42. The lowest BCUT2D eigenvalue weighted by Gasteiger charge is -2.11. The molecule has 0 saturated carbocycles. The molecular weight excluding hydrogens is 400 g/mol. The average molecular weight is 418 g/mol. The van der Waals surface area contributed by atoms with Crippen LogP contribution in [0.5, 0.6) is 0 Å². The highest BCUT2D eigenvalue weighted by molar-refractivity contribution is 6.07. The van der Waals surface area contributed by atoms with Gasteiger partial charge in [0.05, 0.1) is 23.6 Å². The number of furan rings is 2. The number of hydrogen-bond acceptors (Lipinski definition) is 6. The standard InChI is InChI=1S/C22H18N4O5/c27-20(9-10-23-22(29)19-8-4-12-31-19)25-26-21(28)15-13-17(18-7-3-11-30-18)24-16-6-2-1-5-14(15)16/h1-8,11-13H,9-10H2,(H,23,29)(H,25,27)(H,26,28). The fraction of sp³-hybridized carbons (Fsp3) is 0.0909. The zero-order valence-corrected chi connectivity index (χ0v) is 16.3. The molecule has 31 heavy (non-hydrogen) atoms. The van der Waals surface area contributed by atoms with Crippen molar-refractivity contribution in [2.45, 2.75) is 6.42 Å². The van der Waals surface area contributed by atoms with Gasteiger partial charge in [-0.3, -0.25) is 25.2 Å². The Morgan fingerprint density at radius 1 is 0.871 bits per heavy atom. The molecule has 0 unspecified atom stereocenters. The second kappa shape index (κ2) is 8.95. The lowest BCUT2D eigenvalue weighted by atomic mass is 10.1. The third-order valence-electron chi connectivity index (χ3n) is 4.43. The minimum Gasteiger partial charge on any atom is -0.463 e. The van der Waals surface area contributed by atoms with Crippen LogP contribution in [0.15, 0.2) is 76.0 Å². The molecule has 0 atom stereocenters. The van der Waals surface area contributed by atoms with Crippen LogP contribution in [-0.4, -0.2) is 29.3 Å². The van der Waals surface area contributed by atoms with E-state index in [0.29, 0.717) is 27.9 Å². The van der Waals surface area contributed by atoms with Crippen LogP contribution in [0.25, 0.3) is 22.4 Å². The van der Waals surface area contributed by atoms with Crippen LogP contribution in [0, 0.1) is 0 Å². The Labute approximate surface area is 176 Å². The molecule has 1 aromatic carbocycles. The third-order valence-corrected chi connectivity index (χ3v) is 4.43. The molecule has 156 valence electrons. The molecule has 0 fully saturated rings. The topological polar surface area (TPSA) is 126 Å². The number of hydrogen-bond donors (Lipinski definition) is 3. The van der Waals surface area contributed by atoms with Gasteiger partial charge in [-0.05, 0) is 36.4 Å². The molecule has 0 aliphatic rings. The maximum Gasteiger partial charge on any atom is 0.286 e. The molecule has 9 nitrogen and oxygen atoms in total. The van der Waals surface area contributed by atoms with E-state index < -0.39 is 17.7 Å². The van der Waals surface area contributed by atoms with Crippen LogP contribution in [0.1, 0.15) is 27.3 Å². The molecule has 0 aliphatic carbocycles. The van der Waals surface area contributed by atoms with Gasteiger partial charge in [-0.2, -0.15) is 0 Å². The van der Waals surface area contributed by atoms with Crippen molar-refractivity contribution in [2.24, 2.45) is 0 Å². The number of pyridine rings is 1. The minimum atomic E-state index is -0.501. The number of benzene rings is 1. The van der Waals surface area contributed by atoms with Crippen LogP contribution in [0.2, 0.25) is 0 Å². The quantitative estimate of drug-likeness (QED) is 0.413. The van der Waals surface area contributed by atoms with E-state index in [9.17, 15) is 14.4 Å². The molecule has 4 rings (SSSR count). The first-order valence-electron chi connectivity index (χ1n) is 9.46. The zero-order valence-electron chi connectivity index (χ0n) is 16.3. The second-order valence-corrected chi connectivity index (χ2v) is 6.54. The molecule has 0 radical (unpaired) electrons. The summed E-state index contributed by atoms with van der Waals surface area (Å²) in [6.45, 7) is 0.0854. The van der Waals surface area contributed by atoms with Gasteiger partial charge in [-0.1, -0.05) is 18.2 Å². The Balaban J connectivity index is 1.39. The summed E-state index contributed by atoms with van der Waals surface area (Å²) in [5, 5.41) is 3.19. The van der Waals surface area contributed by atoms with Crippen molar-refractivity contribution in [1.29, 1.82) is 0 Å². The van der Waals surface area contributed by atoms with Gasteiger partial charge >= 0.3 is 0 Å². The number of nitrogens with one attached hydrogen (secondary N) is 3. The maximum absolute atomic E-state index is 12.8. The van der Waals surface area contributed by atoms with E-state index in [1.165, 1.54) is 18.6 Å². The van der Waals surface area contributed by atoms with Crippen LogP contribution in [0.3, 0.4) is 0 Å². The number of carbonyl (C=O) groups is 3. The monoisotopic (exact) mass is 418 g/mol. The number of carbonyl (C=O) groups excluding carboxylic acids is 3. The number of para-hydroxylation sites is 1. The Morgan fingerprint density at radius 2 is 1.68 bits per heavy atom. The van der Waals surface area contributed by atoms with E-state index in [1.54, 1.807) is 42.5 Å². The number of rotatable bonds is 6. The summed E-state index contributed by atoms with van der Waals surface area (Å²) in [6.07, 6.45) is 2.88. The molecule has 4 aromatic rings. The molecule has 3 amide bonds. The summed E-state index contributed by atoms with van der Waals surface area (Å²) in [6, 6.07) is 15.4. The van der Waals surface area contributed by atoms with E-state index in [4.69, 9.17) is 8.83 Å². The van der Waals surface area contributed by atoms with Crippen molar-refractivity contribution in [3.63, 3.8) is 0 Å². The number of amides is 3. The first-order chi connectivity index (χ1) is 15.1. The third kappa shape index (κ3) is 4.61. The predicted molar refractivity (Wildman–Crippen MR) is 111 cm³/mol. The second-order valence-electron chi connectivity index (χ2n) is 6.54. The summed E-state index contributed by atoms with van der Waals surface area (Å²) in [5.41, 5.74) is 6.21. The molecule has 3 N–H and O–H groups in total. The predicted octanol–water partition coefficient (Wildman–Crippen LogP) is 2.67. The Bertz CT molecular complexity index is 1220. The van der Waals surface area contributed by atoms with Crippen LogP contribution in [-0.2, 0) is 4.79 Å². The fourth-order valence-corrected chi connectivity index (χ4v) is 2.95. The van der Waals surface area contributed by atoms with Crippen molar-refractivity contribution in [3.05, 3.63) is 78.4 Å². The van der Waals surface area contributed by atoms with Crippen LogP contribution >= 0.6 is 0 Å². The molecule has 0 spiro atoms. The molecule has 0 bridgehead atoms. The fourth-order valence-electron chi connectivity index (χ4n) is 2.95. The zero-order chi connectivity index (χ0) is 21.6. The normalized spacial score (nSPS) is 10.6. The van der Waals surface area contributed by atoms with E-state index in [-0.39, 0.29) is 18.7 Å². The van der Waals surface area contributed by atoms with Gasteiger partial charge in [-0.25, -0.2) is 4.98 Å². The van der Waals surface area contributed by atoms with Gasteiger partial charge in [0.25, 0.3) is 11.8 Å². The van der Waals surface area contributed by atoms with Crippen molar-refractivity contribution in [2.75, 3.05) is 6.54 Å². The molecular formula is C22H18N4O5. The Hall–Kier alpha value is -4.40. The summed E-state index contributed by atoms with van der Waals surface area (Å²) in [7, 11) is 0. The molecule has 0 saturated heterocycles. The average Bonchev–Trinajstić information content (AvgIpc) is 3.51. The van der Waals surface area contributed by atoms with E-state index in [0.717, 1.165) is 0 Å². The van der Waals surface area contributed by atoms with Gasteiger partial charge in [0.2, 0.25) is 5.91 Å². The van der Waals surface area contributed by atoms with Gasteiger partial charge in [0, 0.05) is 18.4 Å². The summed E-state index contributed by atoms with van der Waals surface area (Å²) < 4.78 is 10.4. The smallest absolute Gasteiger partial charge is 0.286 e. The number of fused-ring (bicyclic) bond motifs is 1. The molecule has 9 heteroatoms. The van der Waals surface area contributed by atoms with E-state index in [2.05, 4.69) is 21.2 Å². The maximum atomic E-state index is 12.8. The Morgan fingerprint density at radius 3 is 2.45 bits per heavy atom. The highest BCUT2D eigenvalue weighted by atomic mass is 16.3. The first kappa shape index (κ1) is 19.9. The SMILES string of the molecule is O=C(CCNC(=O)c1ccco1)NNC(=O)c1cc(-c2ccco2)nc2ccccc12. The van der Waals surface area contributed by atoms with E-state index >= 15 is 0 Å².